The van der Waals surface area contributed by atoms with Crippen LogP contribution < -0.4 is 5.73 Å². The predicted octanol–water partition coefficient (Wildman–Crippen LogP) is 2.56. The number of hydrogen-bond donors (Lipinski definition) is 1. The highest BCUT2D eigenvalue weighted by Crippen LogP contribution is 2.62. The molecule has 2 unspecified atom stereocenters. The molecule has 2 aliphatic rings. The molecule has 17 heavy (non-hydrogen) atoms. The van der Waals surface area contributed by atoms with Gasteiger partial charge in [-0.25, -0.2) is 0 Å². The molecule has 4 heteroatoms. The maximum Gasteiger partial charge on any atom is 0.230 e. The molecule has 4 nitrogen and oxygen atoms in total. The van der Waals surface area contributed by atoms with Crippen molar-refractivity contribution < 1.29 is 4.52 Å². The van der Waals surface area contributed by atoms with E-state index in [1.54, 1.807) is 0 Å². The van der Waals surface area contributed by atoms with E-state index in [1.165, 1.54) is 19.3 Å². The summed E-state index contributed by atoms with van der Waals surface area (Å²) in [4.78, 5) is 4.57. The highest BCUT2D eigenvalue weighted by molar-refractivity contribution is 5.17. The van der Waals surface area contributed by atoms with Crippen molar-refractivity contribution >= 4 is 0 Å². The van der Waals surface area contributed by atoms with Crippen LogP contribution in [0.1, 0.15) is 63.6 Å². The Balaban J connectivity index is 1.79. The summed E-state index contributed by atoms with van der Waals surface area (Å²) in [6.45, 7) is 4.15. The van der Waals surface area contributed by atoms with Gasteiger partial charge in [0.1, 0.15) is 0 Å². The molecule has 0 amide bonds. The molecule has 2 atom stereocenters. The zero-order chi connectivity index (χ0) is 12.0. The van der Waals surface area contributed by atoms with Crippen molar-refractivity contribution in [1.29, 1.82) is 0 Å². The van der Waals surface area contributed by atoms with Crippen LogP contribution in [0.25, 0.3) is 0 Å². The van der Waals surface area contributed by atoms with Crippen LogP contribution in [-0.4, -0.2) is 10.1 Å². The van der Waals surface area contributed by atoms with Gasteiger partial charge in [-0.3, -0.25) is 0 Å². The summed E-state index contributed by atoms with van der Waals surface area (Å²) in [6, 6.07) is 0. The standard InChI is InChI=1S/C13H21N3O/c1-3-13(14,4-2)12-15-11(17-16-12)10-8-6-5-7-9(8)10/h8-10H,3-7,14H2,1-2H3. The molecule has 0 spiro atoms. The third-order valence-electron chi connectivity index (χ3n) is 4.84. The van der Waals surface area contributed by atoms with Gasteiger partial charge in [-0.2, -0.15) is 4.98 Å². The van der Waals surface area contributed by atoms with Crippen LogP contribution in [0.2, 0.25) is 0 Å². The van der Waals surface area contributed by atoms with Crippen molar-refractivity contribution in [3.63, 3.8) is 0 Å². The van der Waals surface area contributed by atoms with Crippen molar-refractivity contribution in [3.05, 3.63) is 11.7 Å². The summed E-state index contributed by atoms with van der Waals surface area (Å²) < 4.78 is 5.43. The van der Waals surface area contributed by atoms with Crippen LogP contribution in [0.15, 0.2) is 4.52 Å². The minimum Gasteiger partial charge on any atom is -0.339 e. The van der Waals surface area contributed by atoms with Gasteiger partial charge in [0.05, 0.1) is 5.54 Å². The Morgan fingerprint density at radius 2 is 1.94 bits per heavy atom. The topological polar surface area (TPSA) is 64.9 Å². The minimum absolute atomic E-state index is 0.411. The van der Waals surface area contributed by atoms with E-state index in [1.807, 2.05) is 0 Å². The zero-order valence-electron chi connectivity index (χ0n) is 10.6. The van der Waals surface area contributed by atoms with Gasteiger partial charge in [0.2, 0.25) is 5.89 Å². The van der Waals surface area contributed by atoms with E-state index < -0.39 is 5.54 Å². The van der Waals surface area contributed by atoms with Crippen molar-refractivity contribution in [2.75, 3.05) is 0 Å². The van der Waals surface area contributed by atoms with E-state index in [0.29, 0.717) is 11.7 Å². The van der Waals surface area contributed by atoms with Gasteiger partial charge >= 0.3 is 0 Å². The predicted molar refractivity (Wildman–Crippen MR) is 64.3 cm³/mol. The van der Waals surface area contributed by atoms with Crippen LogP contribution >= 0.6 is 0 Å². The van der Waals surface area contributed by atoms with Crippen LogP contribution in [0.4, 0.5) is 0 Å². The number of nitrogens with two attached hydrogens (primary N) is 1. The van der Waals surface area contributed by atoms with Crippen LogP contribution in [0.5, 0.6) is 0 Å². The Hall–Kier alpha value is -0.900. The quantitative estimate of drug-likeness (QED) is 0.871. The summed E-state index contributed by atoms with van der Waals surface area (Å²) in [5, 5.41) is 4.11. The van der Waals surface area contributed by atoms with Gasteiger partial charge in [-0.05, 0) is 37.5 Å². The Labute approximate surface area is 102 Å². The van der Waals surface area contributed by atoms with E-state index >= 15 is 0 Å². The van der Waals surface area contributed by atoms with Crippen LogP contribution in [0, 0.1) is 11.8 Å². The van der Waals surface area contributed by atoms with Crippen LogP contribution in [0.3, 0.4) is 0 Å². The minimum atomic E-state index is -0.411. The monoisotopic (exact) mass is 235 g/mol. The second-order valence-corrected chi connectivity index (χ2v) is 5.60. The molecule has 94 valence electrons. The Kier molecular flexibility index (Phi) is 2.51. The van der Waals surface area contributed by atoms with Gasteiger partial charge < -0.3 is 10.3 Å². The number of aromatic nitrogens is 2. The molecule has 0 aromatic carbocycles. The molecule has 1 aromatic heterocycles. The van der Waals surface area contributed by atoms with Crippen molar-refractivity contribution in [3.8, 4) is 0 Å². The lowest BCUT2D eigenvalue weighted by atomic mass is 9.93. The second kappa shape index (κ2) is 3.80. The highest BCUT2D eigenvalue weighted by atomic mass is 16.5. The summed E-state index contributed by atoms with van der Waals surface area (Å²) in [6.07, 6.45) is 5.74. The maximum absolute atomic E-state index is 6.28. The second-order valence-electron chi connectivity index (χ2n) is 5.60. The number of hydrogen-bond acceptors (Lipinski definition) is 4. The van der Waals surface area contributed by atoms with E-state index in [9.17, 15) is 0 Å². The zero-order valence-corrected chi connectivity index (χ0v) is 10.6. The fraction of sp³-hybridized carbons (Fsp3) is 0.846. The Morgan fingerprint density at radius 1 is 1.29 bits per heavy atom. The Bertz CT molecular complexity index is 401. The molecular weight excluding hydrogens is 214 g/mol. The van der Waals surface area contributed by atoms with E-state index in [0.717, 1.165) is 30.6 Å². The SMILES string of the molecule is CCC(N)(CC)c1noc(C2C3CCCC32)n1. The summed E-state index contributed by atoms with van der Waals surface area (Å²) in [7, 11) is 0. The number of fused-ring (bicyclic) bond motifs is 1. The third kappa shape index (κ3) is 1.61. The Morgan fingerprint density at radius 3 is 2.53 bits per heavy atom. The normalized spacial score (nSPS) is 31.6. The number of rotatable bonds is 4. The largest absolute Gasteiger partial charge is 0.339 e. The lowest BCUT2D eigenvalue weighted by molar-refractivity contribution is 0.331. The molecule has 0 saturated heterocycles. The molecule has 2 aliphatic carbocycles. The van der Waals surface area contributed by atoms with Crippen LogP contribution in [-0.2, 0) is 5.54 Å². The summed E-state index contributed by atoms with van der Waals surface area (Å²) in [5.41, 5.74) is 5.87. The first kappa shape index (κ1) is 11.2. The van der Waals surface area contributed by atoms with Crippen molar-refractivity contribution in [2.45, 2.75) is 57.4 Å². The van der Waals surface area contributed by atoms with Gasteiger partial charge in [0, 0.05) is 5.92 Å². The first-order valence-corrected chi connectivity index (χ1v) is 6.82. The highest BCUT2D eigenvalue weighted by Gasteiger charge is 2.56. The van der Waals surface area contributed by atoms with E-state index in [-0.39, 0.29) is 0 Å². The molecule has 1 aromatic rings. The summed E-state index contributed by atoms with van der Waals surface area (Å²) in [5.74, 6) is 3.72. The fourth-order valence-corrected chi connectivity index (χ4v) is 3.33. The van der Waals surface area contributed by atoms with E-state index in [2.05, 4.69) is 24.0 Å². The molecule has 1 heterocycles. The molecule has 2 saturated carbocycles. The average molecular weight is 235 g/mol. The van der Waals surface area contributed by atoms with E-state index in [4.69, 9.17) is 10.3 Å². The van der Waals surface area contributed by atoms with Gasteiger partial charge in [0.15, 0.2) is 5.82 Å². The maximum atomic E-state index is 6.28. The van der Waals surface area contributed by atoms with Gasteiger partial charge in [0.25, 0.3) is 0 Å². The molecular formula is C13H21N3O. The van der Waals surface area contributed by atoms with Crippen molar-refractivity contribution in [1.82, 2.24) is 10.1 Å². The molecule has 0 radical (unpaired) electrons. The molecule has 2 fully saturated rings. The van der Waals surface area contributed by atoms with Gasteiger partial charge in [-0.15, -0.1) is 0 Å². The lowest BCUT2D eigenvalue weighted by Gasteiger charge is -2.21. The number of nitrogens with zero attached hydrogens (tertiary/aromatic N) is 2. The van der Waals surface area contributed by atoms with Gasteiger partial charge in [-0.1, -0.05) is 25.4 Å². The van der Waals surface area contributed by atoms with Crippen molar-refractivity contribution in [2.24, 2.45) is 17.6 Å². The molecule has 0 bridgehead atoms. The molecule has 3 rings (SSSR count). The lowest BCUT2D eigenvalue weighted by Crippen LogP contribution is -2.36. The molecule has 2 N–H and O–H groups in total. The third-order valence-corrected chi connectivity index (χ3v) is 4.84. The molecule has 0 aliphatic heterocycles. The average Bonchev–Trinajstić information content (AvgIpc) is 2.83. The first-order chi connectivity index (χ1) is 8.19. The smallest absolute Gasteiger partial charge is 0.230 e. The first-order valence-electron chi connectivity index (χ1n) is 6.82. The summed E-state index contributed by atoms with van der Waals surface area (Å²) >= 11 is 0. The fourth-order valence-electron chi connectivity index (χ4n) is 3.33.